The first-order valence-electron chi connectivity index (χ1n) is 9.44. The summed E-state index contributed by atoms with van der Waals surface area (Å²) < 4.78 is 30.6. The fraction of sp³-hybridized carbons (Fsp3) is 0.136. The molecule has 2 heterocycles. The summed E-state index contributed by atoms with van der Waals surface area (Å²) in [6.45, 7) is 2.02. The largest absolute Gasteiger partial charge is 0.285 e. The molecule has 2 aromatic carbocycles. The number of para-hydroxylation sites is 1. The van der Waals surface area contributed by atoms with Crippen molar-refractivity contribution in [3.8, 4) is 6.07 Å². The van der Waals surface area contributed by atoms with Gasteiger partial charge in [-0.2, -0.15) is 5.26 Å². The summed E-state index contributed by atoms with van der Waals surface area (Å²) in [6.07, 6.45) is 2.39. The molecular weight excluding hydrogens is 398 g/mol. The van der Waals surface area contributed by atoms with E-state index in [0.717, 1.165) is 0 Å². The number of pyridine rings is 1. The topological polar surface area (TPSA) is 91.4 Å². The molecule has 0 aliphatic heterocycles. The molecule has 30 heavy (non-hydrogen) atoms. The number of anilines is 1. The minimum atomic E-state index is -3.97. The van der Waals surface area contributed by atoms with Gasteiger partial charge in [0.1, 0.15) is 10.7 Å². The fourth-order valence-corrected chi connectivity index (χ4v) is 4.89. The van der Waals surface area contributed by atoms with Crippen LogP contribution in [-0.4, -0.2) is 23.0 Å². The molecule has 4 aromatic rings. The van der Waals surface area contributed by atoms with Crippen molar-refractivity contribution in [2.45, 2.75) is 24.8 Å². The highest BCUT2D eigenvalue weighted by Crippen LogP contribution is 2.28. The number of aryl methyl sites for hydroxylation is 1. The number of fused-ring (bicyclic) bond motifs is 1. The van der Waals surface area contributed by atoms with E-state index in [0.29, 0.717) is 34.7 Å². The zero-order chi connectivity index (χ0) is 21.1. The Morgan fingerprint density at radius 1 is 1.03 bits per heavy atom. The second-order valence-corrected chi connectivity index (χ2v) is 8.53. The highest BCUT2D eigenvalue weighted by Gasteiger charge is 2.29. The van der Waals surface area contributed by atoms with Crippen molar-refractivity contribution < 1.29 is 8.42 Å². The molecule has 0 saturated heterocycles. The Labute approximate surface area is 174 Å². The molecule has 0 radical (unpaired) electrons. The minimum absolute atomic E-state index is 0.0810. The van der Waals surface area contributed by atoms with Gasteiger partial charge in [0.05, 0.1) is 23.9 Å². The molecule has 0 atom stereocenters. The maximum Gasteiger partial charge on any atom is 0.268 e. The zero-order valence-electron chi connectivity index (χ0n) is 16.3. The molecule has 150 valence electrons. The Hall–Kier alpha value is -3.70. The van der Waals surface area contributed by atoms with E-state index in [9.17, 15) is 13.7 Å². The first-order chi connectivity index (χ1) is 14.5. The predicted octanol–water partition coefficient (Wildman–Crippen LogP) is 3.56. The Bertz CT molecular complexity index is 1340. The van der Waals surface area contributed by atoms with Crippen LogP contribution in [0.3, 0.4) is 0 Å². The SMILES string of the molecule is CCc1nnc2c(S(=O)(=O)N(Cc3cccc(C#N)c3)c3ccccc3)cccn12. The van der Waals surface area contributed by atoms with E-state index in [1.54, 1.807) is 71.3 Å². The Morgan fingerprint density at radius 3 is 2.57 bits per heavy atom. The van der Waals surface area contributed by atoms with Crippen molar-refractivity contribution in [3.05, 3.63) is 89.9 Å². The second-order valence-electron chi connectivity index (χ2n) is 6.70. The summed E-state index contributed by atoms with van der Waals surface area (Å²) in [5.41, 5.74) is 2.01. The highest BCUT2D eigenvalue weighted by atomic mass is 32.2. The summed E-state index contributed by atoms with van der Waals surface area (Å²) in [6, 6.07) is 21.1. The highest BCUT2D eigenvalue weighted by molar-refractivity contribution is 7.93. The lowest BCUT2D eigenvalue weighted by Crippen LogP contribution is -2.31. The van der Waals surface area contributed by atoms with Crippen LogP contribution in [-0.2, 0) is 23.0 Å². The second kappa shape index (κ2) is 7.97. The number of sulfonamides is 1. The third kappa shape index (κ3) is 3.51. The van der Waals surface area contributed by atoms with Crippen molar-refractivity contribution in [2.75, 3.05) is 4.31 Å². The van der Waals surface area contributed by atoms with Crippen molar-refractivity contribution >= 4 is 21.4 Å². The number of aromatic nitrogens is 3. The molecular formula is C22H19N5O2S. The van der Waals surface area contributed by atoms with E-state index in [4.69, 9.17) is 0 Å². The van der Waals surface area contributed by atoms with Crippen LogP contribution in [0.4, 0.5) is 5.69 Å². The summed E-state index contributed by atoms with van der Waals surface area (Å²) in [4.78, 5) is 0.0810. The molecule has 0 aliphatic carbocycles. The third-order valence-corrected chi connectivity index (χ3v) is 6.57. The van der Waals surface area contributed by atoms with Gasteiger partial charge in [-0.15, -0.1) is 10.2 Å². The van der Waals surface area contributed by atoms with E-state index in [1.165, 1.54) is 4.31 Å². The predicted molar refractivity (Wildman–Crippen MR) is 113 cm³/mol. The Morgan fingerprint density at radius 2 is 1.83 bits per heavy atom. The fourth-order valence-electron chi connectivity index (χ4n) is 3.31. The van der Waals surface area contributed by atoms with E-state index >= 15 is 0 Å². The first-order valence-corrected chi connectivity index (χ1v) is 10.9. The van der Waals surface area contributed by atoms with Gasteiger partial charge in [-0.3, -0.25) is 8.71 Å². The average Bonchev–Trinajstić information content (AvgIpc) is 3.21. The lowest BCUT2D eigenvalue weighted by atomic mass is 10.1. The van der Waals surface area contributed by atoms with Crippen molar-refractivity contribution in [1.29, 1.82) is 5.26 Å². The van der Waals surface area contributed by atoms with Crippen LogP contribution in [0.15, 0.2) is 77.8 Å². The van der Waals surface area contributed by atoms with Crippen LogP contribution in [0.1, 0.15) is 23.9 Å². The normalized spacial score (nSPS) is 11.3. The summed E-state index contributed by atoms with van der Waals surface area (Å²) in [7, 11) is -3.97. The maximum absolute atomic E-state index is 13.8. The maximum atomic E-state index is 13.8. The van der Waals surface area contributed by atoms with Gasteiger partial charge >= 0.3 is 0 Å². The molecule has 4 rings (SSSR count). The lowest BCUT2D eigenvalue weighted by Gasteiger charge is -2.25. The van der Waals surface area contributed by atoms with E-state index in [1.807, 2.05) is 13.0 Å². The van der Waals surface area contributed by atoms with Crippen molar-refractivity contribution in [2.24, 2.45) is 0 Å². The Kier molecular flexibility index (Phi) is 5.21. The molecule has 0 spiro atoms. The van der Waals surface area contributed by atoms with Gasteiger partial charge in [0.25, 0.3) is 10.0 Å². The van der Waals surface area contributed by atoms with Crippen LogP contribution in [0.2, 0.25) is 0 Å². The van der Waals surface area contributed by atoms with Crippen LogP contribution in [0.5, 0.6) is 0 Å². The lowest BCUT2D eigenvalue weighted by molar-refractivity contribution is 0.590. The molecule has 0 N–H and O–H groups in total. The first kappa shape index (κ1) is 19.6. The summed E-state index contributed by atoms with van der Waals surface area (Å²) >= 11 is 0. The Balaban J connectivity index is 1.86. The number of nitrogens with zero attached hydrogens (tertiary/aromatic N) is 5. The zero-order valence-corrected chi connectivity index (χ0v) is 17.1. The number of nitriles is 1. The van der Waals surface area contributed by atoms with Gasteiger partial charge in [-0.25, -0.2) is 8.42 Å². The number of benzene rings is 2. The molecule has 0 unspecified atom stereocenters. The van der Waals surface area contributed by atoms with Gasteiger partial charge in [0.15, 0.2) is 5.65 Å². The monoisotopic (exact) mass is 417 g/mol. The molecule has 0 amide bonds. The van der Waals surface area contributed by atoms with E-state index in [2.05, 4.69) is 16.3 Å². The number of hydrogen-bond donors (Lipinski definition) is 0. The average molecular weight is 417 g/mol. The van der Waals surface area contributed by atoms with Crippen molar-refractivity contribution in [1.82, 2.24) is 14.6 Å². The number of rotatable bonds is 6. The number of hydrogen-bond acceptors (Lipinski definition) is 5. The molecule has 0 saturated carbocycles. The quantitative estimate of drug-likeness (QED) is 0.478. The third-order valence-electron chi connectivity index (χ3n) is 4.78. The summed E-state index contributed by atoms with van der Waals surface area (Å²) in [5, 5.41) is 17.4. The van der Waals surface area contributed by atoms with Gasteiger partial charge in [-0.05, 0) is 42.0 Å². The van der Waals surface area contributed by atoms with Crippen LogP contribution < -0.4 is 4.31 Å². The van der Waals surface area contributed by atoms with Crippen LogP contribution in [0.25, 0.3) is 5.65 Å². The minimum Gasteiger partial charge on any atom is -0.285 e. The molecule has 7 nitrogen and oxygen atoms in total. The molecule has 2 aromatic heterocycles. The van der Waals surface area contributed by atoms with Gasteiger partial charge in [0, 0.05) is 12.6 Å². The van der Waals surface area contributed by atoms with Crippen LogP contribution in [0, 0.1) is 11.3 Å². The summed E-state index contributed by atoms with van der Waals surface area (Å²) in [5.74, 6) is 0.690. The molecule has 8 heteroatoms. The van der Waals surface area contributed by atoms with E-state index < -0.39 is 10.0 Å². The molecule has 0 bridgehead atoms. The molecule has 0 aliphatic rings. The smallest absolute Gasteiger partial charge is 0.268 e. The standard InChI is InChI=1S/C22H19N5O2S/c1-2-21-24-25-22-20(12-7-13-26(21)22)30(28,29)27(19-10-4-3-5-11-19)16-18-9-6-8-17(14-18)15-23/h3-14H,2,16H2,1H3. The molecule has 0 fully saturated rings. The van der Waals surface area contributed by atoms with E-state index in [-0.39, 0.29) is 11.4 Å². The van der Waals surface area contributed by atoms with Crippen molar-refractivity contribution in [3.63, 3.8) is 0 Å². The van der Waals surface area contributed by atoms with Gasteiger partial charge in [0.2, 0.25) is 0 Å². The van der Waals surface area contributed by atoms with Crippen LogP contribution >= 0.6 is 0 Å². The van der Waals surface area contributed by atoms with Gasteiger partial charge in [-0.1, -0.05) is 37.3 Å². The van der Waals surface area contributed by atoms with Gasteiger partial charge < -0.3 is 0 Å².